The van der Waals surface area contributed by atoms with Gasteiger partial charge in [-0.05, 0) is 54.6 Å². The molecular formula is C20H20N2O5S. The highest BCUT2D eigenvalue weighted by Crippen LogP contribution is 2.41. The molecule has 0 bridgehead atoms. The number of thioether (sulfide) groups is 1. The third-order valence-corrected chi connectivity index (χ3v) is 4.93. The van der Waals surface area contributed by atoms with Crippen LogP contribution in [0.15, 0.2) is 40.2 Å². The van der Waals surface area contributed by atoms with Gasteiger partial charge in [-0.15, -0.1) is 0 Å². The molecule has 2 aromatic rings. The number of phenols is 1. The fourth-order valence-corrected chi connectivity index (χ4v) is 3.52. The van der Waals surface area contributed by atoms with E-state index in [0.29, 0.717) is 38.6 Å². The number of nitrogens with zero attached hydrogens (tertiary/aromatic N) is 1. The second-order valence-corrected chi connectivity index (χ2v) is 6.93. The van der Waals surface area contributed by atoms with Gasteiger partial charge in [0.1, 0.15) is 11.4 Å². The van der Waals surface area contributed by atoms with E-state index >= 15 is 0 Å². The summed E-state index contributed by atoms with van der Waals surface area (Å²) in [6, 6.07) is 8.62. The van der Waals surface area contributed by atoms with Crippen LogP contribution in [0.2, 0.25) is 0 Å². The van der Waals surface area contributed by atoms with E-state index in [4.69, 9.17) is 14.2 Å². The van der Waals surface area contributed by atoms with E-state index in [9.17, 15) is 9.90 Å². The first kappa shape index (κ1) is 19.6. The van der Waals surface area contributed by atoms with Gasteiger partial charge in [0.25, 0.3) is 5.91 Å². The molecule has 0 spiro atoms. The second-order valence-electron chi connectivity index (χ2n) is 5.90. The molecule has 1 heterocycles. The molecule has 8 heteroatoms. The predicted molar refractivity (Wildman–Crippen MR) is 110 cm³/mol. The van der Waals surface area contributed by atoms with Crippen LogP contribution in [-0.4, -0.2) is 37.5 Å². The van der Waals surface area contributed by atoms with Gasteiger partial charge in [-0.2, -0.15) is 0 Å². The van der Waals surface area contributed by atoms with Gasteiger partial charge in [-0.25, -0.2) is 4.99 Å². The van der Waals surface area contributed by atoms with Gasteiger partial charge >= 0.3 is 0 Å². The van der Waals surface area contributed by atoms with Gasteiger partial charge in [0.2, 0.25) is 5.75 Å². The number of nitrogens with one attached hydrogen (secondary N) is 1. The number of hydrogen-bond acceptors (Lipinski definition) is 7. The van der Waals surface area contributed by atoms with Crippen LogP contribution in [-0.2, 0) is 4.79 Å². The Hall–Kier alpha value is -3.13. The number of amidine groups is 1. The Morgan fingerprint density at radius 1 is 1.07 bits per heavy atom. The van der Waals surface area contributed by atoms with Crippen molar-refractivity contribution in [2.75, 3.05) is 21.3 Å². The molecule has 0 aromatic heterocycles. The topological polar surface area (TPSA) is 89.4 Å². The van der Waals surface area contributed by atoms with Crippen LogP contribution in [0.1, 0.15) is 11.1 Å². The summed E-state index contributed by atoms with van der Waals surface area (Å²) in [5, 5.41) is 13.0. The highest BCUT2D eigenvalue weighted by atomic mass is 32.2. The maximum Gasteiger partial charge on any atom is 0.264 e. The highest BCUT2D eigenvalue weighted by Gasteiger charge is 2.25. The SMILES string of the molecule is COc1ccc(/C=C2\SC(=Nc3cc(C)ccc3O)NC2=O)c(OC)c1OC. The summed E-state index contributed by atoms with van der Waals surface area (Å²) in [6.07, 6.45) is 1.69. The number of aromatic hydroxyl groups is 1. The average molecular weight is 400 g/mol. The molecule has 0 unspecified atom stereocenters. The standard InChI is InChI=1S/C20H20N2O5S/c1-11-5-7-14(23)13(9-11)21-20-22-19(24)16(28-20)10-12-6-8-15(25-2)18(27-4)17(12)26-3/h5-10,23H,1-4H3,(H,21,22,24)/b16-10-. The Balaban J connectivity index is 1.95. The zero-order chi connectivity index (χ0) is 20.3. The molecule has 1 aliphatic heterocycles. The molecule has 0 saturated carbocycles. The minimum atomic E-state index is -0.285. The lowest BCUT2D eigenvalue weighted by Gasteiger charge is -2.14. The summed E-state index contributed by atoms with van der Waals surface area (Å²) in [4.78, 5) is 17.2. The van der Waals surface area contributed by atoms with Crippen LogP contribution in [0.3, 0.4) is 0 Å². The molecule has 0 radical (unpaired) electrons. The summed E-state index contributed by atoms with van der Waals surface area (Å²) < 4.78 is 16.1. The summed E-state index contributed by atoms with van der Waals surface area (Å²) in [5.74, 6) is 1.20. The molecular weight excluding hydrogens is 380 g/mol. The number of benzene rings is 2. The number of phenolic OH excluding ortho intramolecular Hbond substituents is 1. The predicted octanol–water partition coefficient (Wildman–Crippen LogP) is 3.62. The minimum absolute atomic E-state index is 0.0481. The van der Waals surface area contributed by atoms with Crippen molar-refractivity contribution in [1.82, 2.24) is 5.32 Å². The summed E-state index contributed by atoms with van der Waals surface area (Å²) >= 11 is 1.18. The highest BCUT2D eigenvalue weighted by molar-refractivity contribution is 8.18. The van der Waals surface area contributed by atoms with Gasteiger partial charge < -0.3 is 24.6 Å². The lowest BCUT2D eigenvalue weighted by atomic mass is 10.1. The van der Waals surface area contributed by atoms with Gasteiger partial charge in [-0.3, -0.25) is 4.79 Å². The molecule has 3 rings (SSSR count). The summed E-state index contributed by atoms with van der Waals surface area (Å²) in [6.45, 7) is 1.90. The van der Waals surface area contributed by atoms with Crippen molar-refractivity contribution in [1.29, 1.82) is 0 Å². The van der Waals surface area contributed by atoms with Crippen molar-refractivity contribution in [3.8, 4) is 23.0 Å². The number of carbonyl (C=O) groups is 1. The van der Waals surface area contributed by atoms with E-state index < -0.39 is 0 Å². The number of methoxy groups -OCH3 is 3. The Bertz CT molecular complexity index is 985. The van der Waals surface area contributed by atoms with Crippen molar-refractivity contribution in [3.63, 3.8) is 0 Å². The smallest absolute Gasteiger partial charge is 0.264 e. The Kier molecular flexibility index (Phi) is 5.79. The van der Waals surface area contributed by atoms with E-state index in [1.807, 2.05) is 6.92 Å². The Morgan fingerprint density at radius 3 is 2.50 bits per heavy atom. The van der Waals surface area contributed by atoms with Crippen LogP contribution >= 0.6 is 11.8 Å². The van der Waals surface area contributed by atoms with Gasteiger partial charge in [0.05, 0.1) is 26.2 Å². The summed E-state index contributed by atoms with van der Waals surface area (Å²) in [5.41, 5.74) is 2.02. The number of carbonyl (C=O) groups excluding carboxylic acids is 1. The number of hydrogen-bond donors (Lipinski definition) is 2. The van der Waals surface area contributed by atoms with Crippen molar-refractivity contribution < 1.29 is 24.1 Å². The van der Waals surface area contributed by atoms with Crippen LogP contribution in [0.5, 0.6) is 23.0 Å². The normalized spacial score (nSPS) is 16.4. The van der Waals surface area contributed by atoms with Gasteiger partial charge in [0.15, 0.2) is 16.7 Å². The van der Waals surface area contributed by atoms with Crippen LogP contribution in [0.4, 0.5) is 5.69 Å². The molecule has 146 valence electrons. The van der Waals surface area contributed by atoms with Crippen molar-refractivity contribution in [2.24, 2.45) is 4.99 Å². The van der Waals surface area contributed by atoms with E-state index in [1.54, 1.807) is 43.5 Å². The largest absolute Gasteiger partial charge is 0.506 e. The molecule has 1 amide bonds. The lowest BCUT2D eigenvalue weighted by molar-refractivity contribution is -0.115. The number of ether oxygens (including phenoxy) is 3. The average Bonchev–Trinajstić information content (AvgIpc) is 3.03. The first-order chi connectivity index (χ1) is 13.5. The molecule has 2 N–H and O–H groups in total. The molecule has 1 fully saturated rings. The van der Waals surface area contributed by atoms with E-state index in [0.717, 1.165) is 5.56 Å². The summed E-state index contributed by atoms with van der Waals surface area (Å²) in [7, 11) is 4.58. The third-order valence-electron chi connectivity index (χ3n) is 4.03. The number of aliphatic imine (C=N–C) groups is 1. The van der Waals surface area contributed by atoms with Gasteiger partial charge in [0, 0.05) is 5.56 Å². The molecule has 0 atom stereocenters. The molecule has 1 aliphatic rings. The van der Waals surface area contributed by atoms with E-state index in [2.05, 4.69) is 10.3 Å². The lowest BCUT2D eigenvalue weighted by Crippen LogP contribution is -2.19. The first-order valence-electron chi connectivity index (χ1n) is 8.35. The number of amides is 1. The second kappa shape index (κ2) is 8.26. The van der Waals surface area contributed by atoms with Crippen molar-refractivity contribution >= 4 is 34.6 Å². The van der Waals surface area contributed by atoms with Crippen LogP contribution in [0, 0.1) is 6.92 Å². The fraction of sp³-hybridized carbons (Fsp3) is 0.200. The molecule has 2 aromatic carbocycles. The Morgan fingerprint density at radius 2 is 1.82 bits per heavy atom. The molecule has 28 heavy (non-hydrogen) atoms. The van der Waals surface area contributed by atoms with Crippen LogP contribution < -0.4 is 19.5 Å². The Labute approximate surface area is 167 Å². The monoisotopic (exact) mass is 400 g/mol. The molecule has 7 nitrogen and oxygen atoms in total. The molecule has 0 aliphatic carbocycles. The van der Waals surface area contributed by atoms with Crippen molar-refractivity contribution in [2.45, 2.75) is 6.92 Å². The van der Waals surface area contributed by atoms with Gasteiger partial charge in [-0.1, -0.05) is 6.07 Å². The maximum atomic E-state index is 12.4. The van der Waals surface area contributed by atoms with E-state index in [1.165, 1.54) is 26.0 Å². The quantitative estimate of drug-likeness (QED) is 0.745. The number of aryl methyl sites for hydroxylation is 1. The molecule has 1 saturated heterocycles. The fourth-order valence-electron chi connectivity index (χ4n) is 2.69. The number of rotatable bonds is 5. The van der Waals surface area contributed by atoms with Crippen LogP contribution in [0.25, 0.3) is 6.08 Å². The zero-order valence-electron chi connectivity index (χ0n) is 15.9. The first-order valence-corrected chi connectivity index (χ1v) is 9.16. The zero-order valence-corrected chi connectivity index (χ0v) is 16.7. The van der Waals surface area contributed by atoms with E-state index in [-0.39, 0.29) is 11.7 Å². The van der Waals surface area contributed by atoms with Crippen molar-refractivity contribution in [3.05, 3.63) is 46.4 Å². The third kappa shape index (κ3) is 3.91. The maximum absolute atomic E-state index is 12.4. The minimum Gasteiger partial charge on any atom is -0.506 e.